The molecule has 1 aromatic heterocycles. The second-order valence-electron chi connectivity index (χ2n) is 6.88. The van der Waals surface area contributed by atoms with Gasteiger partial charge in [0.2, 0.25) is 5.89 Å². The summed E-state index contributed by atoms with van der Waals surface area (Å²) in [7, 11) is -3.61. The largest absolute Gasteiger partial charge is 0.436 e. The molecule has 0 atom stereocenters. The third kappa shape index (κ3) is 3.11. The molecular formula is C23H18N2O3S. The number of oxazole rings is 1. The number of sulfonamides is 1. The molecule has 0 aliphatic carbocycles. The number of benzene rings is 3. The van der Waals surface area contributed by atoms with Crippen molar-refractivity contribution in [2.75, 3.05) is 10.8 Å². The smallest absolute Gasteiger partial charge is 0.264 e. The lowest BCUT2D eigenvalue weighted by molar-refractivity contribution is 0.587. The highest BCUT2D eigenvalue weighted by Gasteiger charge is 2.30. The van der Waals surface area contributed by atoms with Crippen LogP contribution in [0.5, 0.6) is 0 Å². The Kier molecular flexibility index (Phi) is 4.21. The minimum Gasteiger partial charge on any atom is -0.436 e. The molecule has 4 aromatic rings. The summed E-state index contributed by atoms with van der Waals surface area (Å²) in [6.45, 7) is 0.462. The van der Waals surface area contributed by atoms with Crippen molar-refractivity contribution in [3.05, 3.63) is 90.6 Å². The minimum atomic E-state index is -3.61. The van der Waals surface area contributed by atoms with E-state index in [2.05, 4.69) is 4.98 Å². The molecule has 6 heteroatoms. The summed E-state index contributed by atoms with van der Waals surface area (Å²) in [4.78, 5) is 4.59. The van der Waals surface area contributed by atoms with Crippen LogP contribution >= 0.6 is 0 Å². The van der Waals surface area contributed by atoms with E-state index >= 15 is 0 Å². The second kappa shape index (κ2) is 6.90. The van der Waals surface area contributed by atoms with Crippen molar-refractivity contribution < 1.29 is 12.8 Å². The quantitative estimate of drug-likeness (QED) is 0.494. The summed E-state index contributed by atoms with van der Waals surface area (Å²) in [6, 6.07) is 24.0. The molecule has 0 saturated carbocycles. The van der Waals surface area contributed by atoms with Crippen molar-refractivity contribution in [1.82, 2.24) is 4.98 Å². The second-order valence-corrected chi connectivity index (χ2v) is 8.74. The molecule has 144 valence electrons. The Hall–Kier alpha value is -3.38. The fourth-order valence-corrected chi connectivity index (χ4v) is 5.10. The fourth-order valence-electron chi connectivity index (χ4n) is 3.60. The molecule has 0 bridgehead atoms. The van der Waals surface area contributed by atoms with Crippen LogP contribution in [0, 0.1) is 0 Å². The van der Waals surface area contributed by atoms with Gasteiger partial charge in [-0.25, -0.2) is 13.4 Å². The average molecular weight is 402 g/mol. The van der Waals surface area contributed by atoms with Gasteiger partial charge in [0.1, 0.15) is 0 Å². The zero-order valence-electron chi connectivity index (χ0n) is 15.5. The topological polar surface area (TPSA) is 63.4 Å². The van der Waals surface area contributed by atoms with Gasteiger partial charge in [0, 0.05) is 17.7 Å². The zero-order chi connectivity index (χ0) is 19.8. The Morgan fingerprint density at radius 2 is 1.55 bits per heavy atom. The third-order valence-electron chi connectivity index (χ3n) is 5.10. The standard InChI is InChI=1S/C23H18N2O3S/c26-29(27,25-15-14-17-6-4-5-9-21(17)25)20-12-10-19(11-13-20)23-24-16-22(28-23)18-7-2-1-3-8-18/h1-13,16H,14-15H2. The van der Waals surface area contributed by atoms with Crippen molar-refractivity contribution >= 4 is 15.7 Å². The SMILES string of the molecule is O=S(=O)(c1ccc(-c2ncc(-c3ccccc3)o2)cc1)N1CCc2ccccc21. The Balaban J connectivity index is 1.43. The van der Waals surface area contributed by atoms with Crippen LogP contribution in [0.15, 0.2) is 94.4 Å². The number of hydrogen-bond donors (Lipinski definition) is 0. The Morgan fingerprint density at radius 1 is 0.828 bits per heavy atom. The van der Waals surface area contributed by atoms with Gasteiger partial charge in [-0.1, -0.05) is 48.5 Å². The van der Waals surface area contributed by atoms with Crippen LogP contribution in [0.4, 0.5) is 5.69 Å². The van der Waals surface area contributed by atoms with Crippen molar-refractivity contribution in [3.8, 4) is 22.8 Å². The Bertz CT molecular complexity index is 1260. The summed E-state index contributed by atoms with van der Waals surface area (Å²) in [5.74, 6) is 1.13. The number of anilines is 1. The molecule has 0 saturated heterocycles. The highest BCUT2D eigenvalue weighted by molar-refractivity contribution is 7.92. The van der Waals surface area contributed by atoms with E-state index in [1.165, 1.54) is 4.31 Å². The highest BCUT2D eigenvalue weighted by atomic mass is 32.2. The lowest BCUT2D eigenvalue weighted by Crippen LogP contribution is -2.29. The van der Waals surface area contributed by atoms with Crippen molar-refractivity contribution in [2.45, 2.75) is 11.3 Å². The van der Waals surface area contributed by atoms with E-state index in [0.29, 0.717) is 18.2 Å². The van der Waals surface area contributed by atoms with Gasteiger partial charge in [0.25, 0.3) is 10.0 Å². The molecule has 5 rings (SSSR count). The first kappa shape index (κ1) is 17.7. The molecule has 5 nitrogen and oxygen atoms in total. The van der Waals surface area contributed by atoms with Gasteiger partial charge < -0.3 is 4.42 Å². The first-order chi connectivity index (χ1) is 14.1. The minimum absolute atomic E-state index is 0.257. The lowest BCUT2D eigenvalue weighted by atomic mass is 10.2. The first-order valence-corrected chi connectivity index (χ1v) is 10.8. The number of aromatic nitrogens is 1. The van der Waals surface area contributed by atoms with Crippen molar-refractivity contribution in [3.63, 3.8) is 0 Å². The monoisotopic (exact) mass is 402 g/mol. The van der Waals surface area contributed by atoms with Crippen molar-refractivity contribution in [2.24, 2.45) is 0 Å². The molecule has 1 aliphatic heterocycles. The van der Waals surface area contributed by atoms with Gasteiger partial charge in [-0.05, 0) is 42.3 Å². The molecule has 1 aliphatic rings. The number of fused-ring (bicyclic) bond motifs is 1. The molecule has 0 amide bonds. The van der Waals surface area contributed by atoms with Gasteiger partial charge >= 0.3 is 0 Å². The number of para-hydroxylation sites is 1. The van der Waals surface area contributed by atoms with Crippen LogP contribution in [0.3, 0.4) is 0 Å². The van der Waals surface area contributed by atoms with E-state index in [4.69, 9.17) is 4.42 Å². The number of rotatable bonds is 4. The lowest BCUT2D eigenvalue weighted by Gasteiger charge is -2.19. The van der Waals surface area contributed by atoms with Crippen LogP contribution in [0.1, 0.15) is 5.56 Å². The van der Waals surface area contributed by atoms with E-state index in [9.17, 15) is 8.42 Å². The van der Waals surface area contributed by atoms with E-state index in [1.54, 1.807) is 30.5 Å². The normalized spacial score (nSPS) is 13.4. The van der Waals surface area contributed by atoms with E-state index < -0.39 is 10.0 Å². The predicted octanol–water partition coefficient (Wildman–Crippen LogP) is 4.76. The van der Waals surface area contributed by atoms with Gasteiger partial charge in [0.15, 0.2) is 5.76 Å². The molecular weight excluding hydrogens is 384 g/mol. The molecule has 0 spiro atoms. The highest BCUT2D eigenvalue weighted by Crippen LogP contribution is 2.33. The molecule has 0 unspecified atom stereocenters. The molecule has 3 aromatic carbocycles. The van der Waals surface area contributed by atoms with Crippen LogP contribution in [0.25, 0.3) is 22.8 Å². The van der Waals surface area contributed by atoms with Crippen LogP contribution in [-0.4, -0.2) is 19.9 Å². The molecule has 0 fully saturated rings. The molecule has 29 heavy (non-hydrogen) atoms. The summed E-state index contributed by atoms with van der Waals surface area (Å²) < 4.78 is 33.6. The van der Waals surface area contributed by atoms with Gasteiger partial charge in [0.05, 0.1) is 16.8 Å². The maximum Gasteiger partial charge on any atom is 0.264 e. The maximum atomic E-state index is 13.1. The Labute approximate surface area is 169 Å². The number of hydrogen-bond acceptors (Lipinski definition) is 4. The van der Waals surface area contributed by atoms with Crippen molar-refractivity contribution in [1.29, 1.82) is 0 Å². The molecule has 0 N–H and O–H groups in total. The van der Waals surface area contributed by atoms with Crippen LogP contribution < -0.4 is 4.31 Å². The van der Waals surface area contributed by atoms with E-state index in [0.717, 1.165) is 28.8 Å². The maximum absolute atomic E-state index is 13.1. The van der Waals surface area contributed by atoms with Crippen LogP contribution in [0.2, 0.25) is 0 Å². The summed E-state index contributed by atoms with van der Waals surface area (Å²) in [6.07, 6.45) is 2.41. The van der Waals surface area contributed by atoms with E-state index in [1.807, 2.05) is 54.6 Å². The molecule has 0 radical (unpaired) electrons. The summed E-state index contributed by atoms with van der Waals surface area (Å²) >= 11 is 0. The van der Waals surface area contributed by atoms with Gasteiger partial charge in [-0.2, -0.15) is 0 Å². The fraction of sp³-hybridized carbons (Fsp3) is 0.0870. The summed E-state index contributed by atoms with van der Waals surface area (Å²) in [5.41, 5.74) is 3.49. The van der Waals surface area contributed by atoms with E-state index in [-0.39, 0.29) is 4.90 Å². The Morgan fingerprint density at radius 3 is 2.34 bits per heavy atom. The number of nitrogens with zero attached hydrogens (tertiary/aromatic N) is 2. The summed E-state index contributed by atoms with van der Waals surface area (Å²) in [5, 5.41) is 0. The first-order valence-electron chi connectivity index (χ1n) is 9.35. The third-order valence-corrected chi connectivity index (χ3v) is 6.93. The van der Waals surface area contributed by atoms with Crippen LogP contribution in [-0.2, 0) is 16.4 Å². The molecule has 2 heterocycles. The van der Waals surface area contributed by atoms with Gasteiger partial charge in [-0.15, -0.1) is 0 Å². The zero-order valence-corrected chi connectivity index (χ0v) is 16.3. The predicted molar refractivity (Wildman–Crippen MR) is 112 cm³/mol. The average Bonchev–Trinajstić information content (AvgIpc) is 3.42. The van der Waals surface area contributed by atoms with Gasteiger partial charge in [-0.3, -0.25) is 4.31 Å².